The van der Waals surface area contributed by atoms with E-state index in [1.807, 2.05) is 0 Å². The van der Waals surface area contributed by atoms with Gasteiger partial charge in [-0.1, -0.05) is 35.7 Å². The summed E-state index contributed by atoms with van der Waals surface area (Å²) < 4.78 is 1.46. The van der Waals surface area contributed by atoms with Gasteiger partial charge in [-0.2, -0.15) is 0 Å². The summed E-state index contributed by atoms with van der Waals surface area (Å²) in [6.45, 7) is 1.55. The van der Waals surface area contributed by atoms with Crippen molar-refractivity contribution in [3.8, 4) is 0 Å². The molecular formula is C12H16N2O4S3. The van der Waals surface area contributed by atoms with Crippen LogP contribution in [0.1, 0.15) is 6.92 Å². The molecule has 0 aliphatic carbocycles. The summed E-state index contributed by atoms with van der Waals surface area (Å²) in [5.41, 5.74) is 0. The zero-order valence-corrected chi connectivity index (χ0v) is 14.2. The first-order chi connectivity index (χ1) is 9.81. The molecule has 2 aliphatic rings. The Balaban J connectivity index is 2.44. The molecule has 0 radical (unpaired) electrons. The van der Waals surface area contributed by atoms with Gasteiger partial charge in [-0.15, -0.1) is 0 Å². The molecular weight excluding hydrogens is 332 g/mol. The Hall–Kier alpha value is -0.770. The Morgan fingerprint density at radius 3 is 2.62 bits per heavy atom. The van der Waals surface area contributed by atoms with Crippen LogP contribution in [0.4, 0.5) is 0 Å². The Kier molecular flexibility index (Phi) is 4.86. The summed E-state index contributed by atoms with van der Waals surface area (Å²) in [6, 6.07) is -0.998. The van der Waals surface area contributed by atoms with Crippen molar-refractivity contribution in [1.29, 1.82) is 0 Å². The van der Waals surface area contributed by atoms with Crippen molar-refractivity contribution in [3.63, 3.8) is 0 Å². The number of rotatable bonds is 5. The molecule has 2 N–H and O–H groups in total. The second-order valence-electron chi connectivity index (χ2n) is 5.04. The number of carbonyl (C=O) groups is 2. The smallest absolute Gasteiger partial charge is 0.331 e. The number of carboxylic acids is 1. The van der Waals surface area contributed by atoms with Crippen LogP contribution in [0.15, 0.2) is 9.93 Å². The highest BCUT2D eigenvalue weighted by Crippen LogP contribution is 2.53. The maximum Gasteiger partial charge on any atom is 0.331 e. The third-order valence-electron chi connectivity index (χ3n) is 3.43. The number of hydrogen-bond acceptors (Lipinski definition) is 7. The van der Waals surface area contributed by atoms with E-state index in [0.29, 0.717) is 9.93 Å². The van der Waals surface area contributed by atoms with E-state index in [-0.39, 0.29) is 11.3 Å². The number of hydrogen-bond donors (Lipinski definition) is 2. The SMILES string of the molecule is C[C@@H](O)[C@H]1C(=O)N2C(C(=O)O)C(=C(SC=S)N(C)C)SC12. The van der Waals surface area contributed by atoms with Crippen molar-refractivity contribution in [2.75, 3.05) is 14.1 Å². The summed E-state index contributed by atoms with van der Waals surface area (Å²) >= 11 is 7.43. The summed E-state index contributed by atoms with van der Waals surface area (Å²) in [6.07, 6.45) is -0.791. The monoisotopic (exact) mass is 348 g/mol. The molecule has 116 valence electrons. The van der Waals surface area contributed by atoms with Gasteiger partial charge in [0.25, 0.3) is 0 Å². The van der Waals surface area contributed by atoms with Crippen molar-refractivity contribution in [2.45, 2.75) is 24.4 Å². The largest absolute Gasteiger partial charge is 0.479 e. The third-order valence-corrected chi connectivity index (χ3v) is 6.18. The van der Waals surface area contributed by atoms with Gasteiger partial charge in [0, 0.05) is 18.8 Å². The number of aliphatic hydroxyl groups is 1. The minimum Gasteiger partial charge on any atom is -0.479 e. The van der Waals surface area contributed by atoms with Crippen molar-refractivity contribution in [1.82, 2.24) is 9.80 Å². The first kappa shape index (κ1) is 16.6. The average molecular weight is 348 g/mol. The van der Waals surface area contributed by atoms with Crippen LogP contribution >= 0.6 is 35.7 Å². The Bertz CT molecular complexity index is 521. The van der Waals surface area contributed by atoms with Crippen LogP contribution in [0, 0.1) is 5.92 Å². The van der Waals surface area contributed by atoms with Crippen LogP contribution in [-0.2, 0) is 9.59 Å². The van der Waals surface area contributed by atoms with Crippen LogP contribution in [-0.4, -0.2) is 68.2 Å². The van der Waals surface area contributed by atoms with Gasteiger partial charge in [-0.3, -0.25) is 4.79 Å². The number of aliphatic carboxylic acids is 1. The van der Waals surface area contributed by atoms with E-state index < -0.39 is 24.0 Å². The van der Waals surface area contributed by atoms with E-state index in [1.54, 1.807) is 25.9 Å². The molecule has 0 saturated carbocycles. The molecule has 4 atom stereocenters. The second-order valence-corrected chi connectivity index (χ2v) is 7.59. The molecule has 2 fully saturated rings. The minimum atomic E-state index is -1.07. The fraction of sp³-hybridized carbons (Fsp3) is 0.583. The molecule has 9 heteroatoms. The number of fused-ring (bicyclic) bond motifs is 1. The number of carboxylic acid groups (broad SMARTS) is 1. The molecule has 1 amide bonds. The average Bonchev–Trinajstić information content (AvgIpc) is 2.70. The highest BCUT2D eigenvalue weighted by Gasteiger charge is 2.61. The van der Waals surface area contributed by atoms with Gasteiger partial charge in [0.1, 0.15) is 0 Å². The number of thiocarbonyl (C=S) groups is 1. The normalized spacial score (nSPS) is 31.3. The number of nitrogens with zero attached hydrogens (tertiary/aromatic N) is 2. The fourth-order valence-corrected chi connectivity index (χ4v) is 5.32. The molecule has 2 saturated heterocycles. The van der Waals surface area contributed by atoms with Gasteiger partial charge in [0.2, 0.25) is 5.91 Å². The first-order valence-corrected chi connectivity index (χ1v) is 8.45. The molecule has 0 aromatic heterocycles. The lowest BCUT2D eigenvalue weighted by Crippen LogP contribution is -2.63. The highest BCUT2D eigenvalue weighted by molar-refractivity contribution is 8.23. The van der Waals surface area contributed by atoms with Crippen LogP contribution in [0.25, 0.3) is 0 Å². The second kappa shape index (κ2) is 6.15. The van der Waals surface area contributed by atoms with Crippen molar-refractivity contribution in [2.24, 2.45) is 5.92 Å². The number of aliphatic hydroxyl groups excluding tert-OH is 1. The van der Waals surface area contributed by atoms with Crippen LogP contribution in [0.5, 0.6) is 0 Å². The highest BCUT2D eigenvalue weighted by atomic mass is 32.2. The van der Waals surface area contributed by atoms with Gasteiger partial charge < -0.3 is 20.0 Å². The summed E-state index contributed by atoms with van der Waals surface area (Å²) in [5, 5.41) is 19.6. The summed E-state index contributed by atoms with van der Waals surface area (Å²) in [5.74, 6) is -1.92. The van der Waals surface area contributed by atoms with E-state index in [1.165, 1.54) is 33.1 Å². The van der Waals surface area contributed by atoms with Gasteiger partial charge in [0.05, 0.1) is 27.3 Å². The Labute approximate surface area is 136 Å². The number of β-lactam (4-membered cyclic amide) rings is 1. The Morgan fingerprint density at radius 1 is 1.57 bits per heavy atom. The van der Waals surface area contributed by atoms with Crippen LogP contribution in [0.2, 0.25) is 0 Å². The van der Waals surface area contributed by atoms with Crippen molar-refractivity contribution >= 4 is 52.3 Å². The minimum absolute atomic E-state index is 0.310. The number of amides is 1. The summed E-state index contributed by atoms with van der Waals surface area (Å²) in [7, 11) is 3.61. The molecule has 0 spiro atoms. The van der Waals surface area contributed by atoms with Gasteiger partial charge in [0.15, 0.2) is 6.04 Å². The topological polar surface area (TPSA) is 81.1 Å². The third kappa shape index (κ3) is 2.67. The number of thioether (sulfide) groups is 2. The van der Waals surface area contributed by atoms with Crippen molar-refractivity contribution in [3.05, 3.63) is 9.93 Å². The maximum absolute atomic E-state index is 12.1. The summed E-state index contributed by atoms with van der Waals surface area (Å²) in [4.78, 5) is 27.4. The molecule has 0 bridgehead atoms. The van der Waals surface area contributed by atoms with Gasteiger partial charge >= 0.3 is 5.97 Å². The first-order valence-electron chi connectivity index (χ1n) is 6.22. The molecule has 0 aromatic rings. The van der Waals surface area contributed by atoms with E-state index in [4.69, 9.17) is 12.2 Å². The Morgan fingerprint density at radius 2 is 2.19 bits per heavy atom. The zero-order chi connectivity index (χ0) is 15.9. The number of carbonyl (C=O) groups excluding carboxylic acids is 1. The molecule has 2 rings (SSSR count). The predicted molar refractivity (Wildman–Crippen MR) is 86.8 cm³/mol. The molecule has 2 aliphatic heterocycles. The van der Waals surface area contributed by atoms with E-state index in [9.17, 15) is 19.8 Å². The van der Waals surface area contributed by atoms with Crippen LogP contribution in [0.3, 0.4) is 0 Å². The zero-order valence-electron chi connectivity index (χ0n) is 11.7. The molecule has 21 heavy (non-hydrogen) atoms. The standard InChI is InChI=1S/C12H16N2O4S3/c1-5(15)6-9(16)14-7(12(17)18)8(21-10(6)14)11(13(2)3)20-4-19/h4-7,10,15H,1-3H3,(H,17,18)/t5-,6+,7?,10?/m1/s1. The van der Waals surface area contributed by atoms with E-state index >= 15 is 0 Å². The fourth-order valence-electron chi connectivity index (χ4n) is 2.51. The molecule has 2 unspecified atom stereocenters. The quantitative estimate of drug-likeness (QED) is 0.557. The molecule has 0 aromatic carbocycles. The van der Waals surface area contributed by atoms with E-state index in [2.05, 4.69) is 0 Å². The van der Waals surface area contributed by atoms with Gasteiger partial charge in [-0.05, 0) is 6.92 Å². The lowest BCUT2D eigenvalue weighted by Gasteiger charge is -2.44. The van der Waals surface area contributed by atoms with Crippen LogP contribution < -0.4 is 0 Å². The lowest BCUT2D eigenvalue weighted by molar-refractivity contribution is -0.165. The molecule has 6 nitrogen and oxygen atoms in total. The van der Waals surface area contributed by atoms with Gasteiger partial charge in [-0.25, -0.2) is 4.79 Å². The van der Waals surface area contributed by atoms with Crippen molar-refractivity contribution < 1.29 is 19.8 Å². The lowest BCUT2D eigenvalue weighted by atomic mass is 9.91. The maximum atomic E-state index is 12.1. The predicted octanol–water partition coefficient (Wildman–Crippen LogP) is 0.773. The van der Waals surface area contributed by atoms with E-state index in [0.717, 1.165) is 0 Å². The molecule has 2 heterocycles.